The first kappa shape index (κ1) is 12.8. The average Bonchev–Trinajstić information content (AvgIpc) is 3.17. The maximum absolute atomic E-state index is 12.3. The van der Waals surface area contributed by atoms with Gasteiger partial charge in [0.05, 0.1) is 24.8 Å². The van der Waals surface area contributed by atoms with Gasteiger partial charge in [-0.05, 0) is 18.2 Å². The third-order valence-electron chi connectivity index (χ3n) is 4.01. The molecular weight excluding hydrogens is 274 g/mol. The third kappa shape index (κ3) is 2.10. The van der Waals surface area contributed by atoms with Gasteiger partial charge in [0.2, 0.25) is 0 Å². The van der Waals surface area contributed by atoms with Crippen molar-refractivity contribution < 1.29 is 19.4 Å². The number of nitrogens with zero attached hydrogens (tertiary/aromatic N) is 2. The highest BCUT2D eigenvalue weighted by molar-refractivity contribution is 5.95. The van der Waals surface area contributed by atoms with Gasteiger partial charge in [0.15, 0.2) is 0 Å². The van der Waals surface area contributed by atoms with E-state index in [9.17, 15) is 9.90 Å². The first-order valence-electron chi connectivity index (χ1n) is 6.88. The maximum atomic E-state index is 12.3. The van der Waals surface area contributed by atoms with E-state index < -0.39 is 6.10 Å². The Morgan fingerprint density at radius 2 is 2.19 bits per heavy atom. The predicted molar refractivity (Wildman–Crippen MR) is 71.9 cm³/mol. The summed E-state index contributed by atoms with van der Waals surface area (Å²) in [5.74, 6) is -0.182. The van der Waals surface area contributed by atoms with Crippen molar-refractivity contribution in [2.45, 2.75) is 24.4 Å². The van der Waals surface area contributed by atoms with Gasteiger partial charge in [0, 0.05) is 18.0 Å². The van der Waals surface area contributed by atoms with E-state index in [1.807, 2.05) is 6.07 Å². The average molecular weight is 289 g/mol. The van der Waals surface area contributed by atoms with Crippen LogP contribution in [0.3, 0.4) is 0 Å². The molecule has 2 fully saturated rings. The van der Waals surface area contributed by atoms with Crippen LogP contribution in [0.5, 0.6) is 0 Å². The molecule has 0 spiro atoms. The molecule has 0 unspecified atom stereocenters. The first-order valence-corrected chi connectivity index (χ1v) is 6.88. The van der Waals surface area contributed by atoms with Crippen LogP contribution in [0.4, 0.5) is 0 Å². The van der Waals surface area contributed by atoms with Crippen molar-refractivity contribution in [1.82, 2.24) is 14.9 Å². The first-order chi connectivity index (χ1) is 10.2. The van der Waals surface area contributed by atoms with E-state index in [1.54, 1.807) is 29.0 Å². The molecule has 7 heteroatoms. The number of nitrogens with one attached hydrogen (secondary N) is 1. The summed E-state index contributed by atoms with van der Waals surface area (Å²) in [5.41, 5.74) is 1.42. The number of fused-ring (bicyclic) bond motifs is 2. The largest absolute Gasteiger partial charge is 0.388 e. The molecule has 4 heterocycles. The number of aliphatic hydroxyl groups excluding tert-OH is 1. The minimum absolute atomic E-state index is 0.182. The lowest BCUT2D eigenvalue weighted by Gasteiger charge is -2.17. The van der Waals surface area contributed by atoms with Crippen molar-refractivity contribution >= 4 is 11.4 Å². The van der Waals surface area contributed by atoms with Crippen LogP contribution in [0, 0.1) is 0 Å². The summed E-state index contributed by atoms with van der Waals surface area (Å²) in [7, 11) is 0. The van der Waals surface area contributed by atoms with Gasteiger partial charge in [-0.25, -0.2) is 4.52 Å². The number of rotatable bonds is 2. The second-order valence-electron chi connectivity index (χ2n) is 5.36. The highest BCUT2D eigenvalue weighted by Gasteiger charge is 2.47. The number of hydrogen-bond acceptors (Lipinski definition) is 5. The van der Waals surface area contributed by atoms with Gasteiger partial charge in [-0.1, -0.05) is 0 Å². The van der Waals surface area contributed by atoms with Crippen molar-refractivity contribution in [3.05, 3.63) is 36.2 Å². The molecule has 2 aromatic rings. The molecule has 2 aliphatic rings. The lowest BCUT2D eigenvalue weighted by Crippen LogP contribution is -2.44. The lowest BCUT2D eigenvalue weighted by molar-refractivity contribution is 0.0178. The summed E-state index contributed by atoms with van der Waals surface area (Å²) in [4.78, 5) is 12.3. The number of carbonyl (C=O) groups is 1. The maximum Gasteiger partial charge on any atom is 0.251 e. The van der Waals surface area contributed by atoms with Crippen LogP contribution in [-0.2, 0) is 9.47 Å². The van der Waals surface area contributed by atoms with Crippen LogP contribution in [0.15, 0.2) is 30.6 Å². The van der Waals surface area contributed by atoms with Crippen LogP contribution >= 0.6 is 0 Å². The molecule has 2 N–H and O–H groups in total. The van der Waals surface area contributed by atoms with Gasteiger partial charge in [-0.2, -0.15) is 5.10 Å². The minimum Gasteiger partial charge on any atom is -0.388 e. The summed E-state index contributed by atoms with van der Waals surface area (Å²) in [6.07, 6.45) is 2.20. The van der Waals surface area contributed by atoms with E-state index in [1.165, 1.54) is 0 Å². The zero-order valence-corrected chi connectivity index (χ0v) is 11.2. The van der Waals surface area contributed by atoms with Crippen LogP contribution in [0.2, 0.25) is 0 Å². The van der Waals surface area contributed by atoms with Gasteiger partial charge in [0.25, 0.3) is 5.91 Å². The highest BCUT2D eigenvalue weighted by atomic mass is 16.6. The Hall–Kier alpha value is -1.96. The van der Waals surface area contributed by atoms with Gasteiger partial charge >= 0.3 is 0 Å². The number of carbonyl (C=O) groups excluding carboxylic acids is 1. The van der Waals surface area contributed by atoms with Gasteiger partial charge in [-0.15, -0.1) is 0 Å². The van der Waals surface area contributed by atoms with Crippen molar-refractivity contribution in [3.8, 4) is 0 Å². The Balaban J connectivity index is 1.50. The fourth-order valence-electron chi connectivity index (χ4n) is 2.92. The van der Waals surface area contributed by atoms with Gasteiger partial charge < -0.3 is 19.9 Å². The number of ether oxygens (including phenoxy) is 2. The second kappa shape index (κ2) is 4.80. The smallest absolute Gasteiger partial charge is 0.251 e. The Morgan fingerprint density at radius 1 is 1.33 bits per heavy atom. The van der Waals surface area contributed by atoms with Crippen molar-refractivity contribution in [3.63, 3.8) is 0 Å². The van der Waals surface area contributed by atoms with Gasteiger partial charge in [-0.3, -0.25) is 4.79 Å². The SMILES string of the molecule is O=C(N[C@H]1CO[C@H]2[C@@H]1OC[C@@H]2O)c1ccn2nccc2c1. The van der Waals surface area contributed by atoms with E-state index in [0.717, 1.165) is 5.52 Å². The molecule has 110 valence electrons. The zero-order valence-electron chi connectivity index (χ0n) is 11.2. The van der Waals surface area contributed by atoms with E-state index in [0.29, 0.717) is 12.2 Å². The van der Waals surface area contributed by atoms with Crippen LogP contribution < -0.4 is 5.32 Å². The molecule has 7 nitrogen and oxygen atoms in total. The Kier molecular flexibility index (Phi) is 2.91. The summed E-state index contributed by atoms with van der Waals surface area (Å²) < 4.78 is 12.7. The fraction of sp³-hybridized carbons (Fsp3) is 0.429. The Labute approximate surface area is 120 Å². The number of pyridine rings is 1. The summed E-state index contributed by atoms with van der Waals surface area (Å²) in [6, 6.07) is 5.09. The van der Waals surface area contributed by atoms with Crippen LogP contribution in [-0.4, -0.2) is 58.2 Å². The molecule has 0 saturated carbocycles. The highest BCUT2D eigenvalue weighted by Crippen LogP contribution is 2.27. The molecule has 2 saturated heterocycles. The molecule has 0 bridgehead atoms. The molecule has 4 atom stereocenters. The molecule has 4 rings (SSSR count). The summed E-state index contributed by atoms with van der Waals surface area (Å²) in [5, 5.41) is 16.7. The molecule has 21 heavy (non-hydrogen) atoms. The van der Waals surface area contributed by atoms with Crippen LogP contribution in [0.1, 0.15) is 10.4 Å². The molecule has 0 aromatic carbocycles. The third-order valence-corrected chi connectivity index (χ3v) is 4.01. The standard InChI is InChI=1S/C14H15N3O4/c18-11-7-21-12-10(6-20-13(11)12)16-14(19)8-2-4-17-9(5-8)1-3-15-17/h1-5,10-13,18H,6-7H2,(H,16,19)/t10-,11-,12+,13+/m0/s1. The molecule has 2 aromatic heterocycles. The topological polar surface area (TPSA) is 85.1 Å². The van der Waals surface area contributed by atoms with Crippen molar-refractivity contribution in [2.24, 2.45) is 0 Å². The fourth-order valence-corrected chi connectivity index (χ4v) is 2.92. The summed E-state index contributed by atoms with van der Waals surface area (Å²) >= 11 is 0. The van der Waals surface area contributed by atoms with Gasteiger partial charge in [0.1, 0.15) is 18.3 Å². The second-order valence-corrected chi connectivity index (χ2v) is 5.36. The zero-order chi connectivity index (χ0) is 14.4. The molecular formula is C14H15N3O4. The molecule has 1 amide bonds. The monoisotopic (exact) mass is 289 g/mol. The Bertz CT molecular complexity index is 686. The normalized spacial score (nSPS) is 31.5. The van der Waals surface area contributed by atoms with E-state index in [4.69, 9.17) is 9.47 Å². The quantitative estimate of drug-likeness (QED) is 0.785. The minimum atomic E-state index is -0.611. The predicted octanol–water partition coefficient (Wildman–Crippen LogP) is -0.409. The van der Waals surface area contributed by atoms with E-state index in [2.05, 4.69) is 10.4 Å². The Morgan fingerprint density at radius 3 is 3.10 bits per heavy atom. The molecule has 2 aliphatic heterocycles. The lowest BCUT2D eigenvalue weighted by atomic mass is 10.1. The van der Waals surface area contributed by atoms with Crippen molar-refractivity contribution in [1.29, 1.82) is 0 Å². The number of aromatic nitrogens is 2. The summed E-state index contributed by atoms with van der Waals surface area (Å²) in [6.45, 7) is 0.608. The van der Waals surface area contributed by atoms with Crippen LogP contribution in [0.25, 0.3) is 5.52 Å². The number of amides is 1. The molecule has 0 radical (unpaired) electrons. The number of aliphatic hydroxyl groups is 1. The molecule has 0 aliphatic carbocycles. The number of hydrogen-bond donors (Lipinski definition) is 2. The van der Waals surface area contributed by atoms with E-state index >= 15 is 0 Å². The van der Waals surface area contributed by atoms with Crippen molar-refractivity contribution in [2.75, 3.05) is 13.2 Å². The van der Waals surface area contributed by atoms with E-state index in [-0.39, 0.29) is 30.8 Å².